The molecule has 0 spiro atoms. The Bertz CT molecular complexity index is 687. The number of aliphatic hydroxyl groups excluding tert-OH is 2. The highest BCUT2D eigenvalue weighted by atomic mass is 16.3. The lowest BCUT2D eigenvalue weighted by Gasteiger charge is -2.57. The largest absolute Gasteiger partial charge is 0.395 e. The van der Waals surface area contributed by atoms with Crippen LogP contribution >= 0.6 is 0 Å². The predicted molar refractivity (Wildman–Crippen MR) is 108 cm³/mol. The summed E-state index contributed by atoms with van der Waals surface area (Å²) in [6.07, 6.45) is 4.71. The lowest BCUT2D eigenvalue weighted by molar-refractivity contribution is -0.0649. The molecule has 4 nitrogen and oxygen atoms in total. The number of fused-ring (bicyclic) bond motifs is 1. The first kappa shape index (κ1) is 19.0. The fourth-order valence-electron chi connectivity index (χ4n) is 4.82. The molecule has 2 heterocycles. The van der Waals surface area contributed by atoms with E-state index >= 15 is 0 Å². The van der Waals surface area contributed by atoms with Crippen LogP contribution in [0.4, 0.5) is 0 Å². The smallest absolute Gasteiger partial charge is 0.112 e. The summed E-state index contributed by atoms with van der Waals surface area (Å²) >= 11 is 0. The molecule has 2 saturated heterocycles. The van der Waals surface area contributed by atoms with Gasteiger partial charge in [-0.2, -0.15) is 0 Å². The zero-order valence-corrected chi connectivity index (χ0v) is 16.3. The minimum atomic E-state index is -0.601. The summed E-state index contributed by atoms with van der Waals surface area (Å²) in [5.74, 6) is 7.14. The average Bonchev–Trinajstić information content (AvgIpc) is 3.45. The van der Waals surface area contributed by atoms with Crippen molar-refractivity contribution in [2.24, 2.45) is 5.92 Å². The van der Waals surface area contributed by atoms with Gasteiger partial charge in [-0.05, 0) is 69.3 Å². The molecule has 3 fully saturated rings. The summed E-state index contributed by atoms with van der Waals surface area (Å²) in [6, 6.07) is 9.18. The number of rotatable bonds is 4. The van der Waals surface area contributed by atoms with Gasteiger partial charge in [-0.15, -0.1) is 0 Å². The van der Waals surface area contributed by atoms with Crippen LogP contribution in [0.3, 0.4) is 0 Å². The third kappa shape index (κ3) is 4.38. The zero-order valence-electron chi connectivity index (χ0n) is 16.3. The average molecular weight is 369 g/mol. The van der Waals surface area contributed by atoms with Crippen molar-refractivity contribution in [3.63, 3.8) is 0 Å². The van der Waals surface area contributed by atoms with Crippen LogP contribution in [0.5, 0.6) is 0 Å². The molecule has 146 valence electrons. The van der Waals surface area contributed by atoms with E-state index in [1.807, 2.05) is 12.1 Å². The van der Waals surface area contributed by atoms with Gasteiger partial charge in [0.05, 0.1) is 6.61 Å². The lowest BCUT2D eigenvalue weighted by Crippen LogP contribution is -2.67. The third-order valence-electron chi connectivity index (χ3n) is 6.39. The summed E-state index contributed by atoms with van der Waals surface area (Å²) in [5.41, 5.74) is 2.24. The zero-order chi connectivity index (χ0) is 18.8. The number of nitrogens with zero attached hydrogens (tertiary/aromatic N) is 2. The molecule has 27 heavy (non-hydrogen) atoms. The standard InChI is InChI=1S/C23H32N2O2/c1-17(27)4-5-18-8-10-20(11-9-18)23-21-15-24(14-19-6-7-19)12-2-3-13-25(21)22(23)16-26/h8-11,17,19,21-23,26-27H,2-3,6-7,12-16H2,1H3/t17-,21+,22+,23+/m1/s1. The fourth-order valence-corrected chi connectivity index (χ4v) is 4.82. The SMILES string of the molecule is C[C@@H](O)C#Cc1ccc([C@@H]2[C@H](CO)N3CCCCN(CC4CC4)C[C@@H]23)cc1. The number of hydrogen-bond acceptors (Lipinski definition) is 4. The predicted octanol–water partition coefficient (Wildman–Crippen LogP) is 2.05. The van der Waals surface area contributed by atoms with E-state index in [9.17, 15) is 10.2 Å². The van der Waals surface area contributed by atoms with Gasteiger partial charge in [0.25, 0.3) is 0 Å². The van der Waals surface area contributed by atoms with Gasteiger partial charge >= 0.3 is 0 Å². The van der Waals surface area contributed by atoms with Gasteiger partial charge in [-0.25, -0.2) is 0 Å². The molecule has 1 aliphatic carbocycles. The van der Waals surface area contributed by atoms with Gasteiger partial charge in [-0.1, -0.05) is 24.0 Å². The van der Waals surface area contributed by atoms with Crippen molar-refractivity contribution in [1.82, 2.24) is 9.80 Å². The monoisotopic (exact) mass is 368 g/mol. The molecule has 4 rings (SSSR count). The second-order valence-corrected chi connectivity index (χ2v) is 8.56. The Labute approximate surface area is 163 Å². The molecule has 0 amide bonds. The van der Waals surface area contributed by atoms with E-state index in [0.29, 0.717) is 12.0 Å². The minimum absolute atomic E-state index is 0.230. The molecule has 1 saturated carbocycles. The molecule has 1 aromatic rings. The first-order valence-electron chi connectivity index (χ1n) is 10.5. The third-order valence-corrected chi connectivity index (χ3v) is 6.39. The summed E-state index contributed by atoms with van der Waals surface area (Å²) in [5, 5.41) is 19.4. The van der Waals surface area contributed by atoms with E-state index in [1.54, 1.807) is 6.92 Å². The molecule has 3 aliphatic rings. The molecule has 2 N–H and O–H groups in total. The van der Waals surface area contributed by atoms with Crippen LogP contribution in [-0.2, 0) is 0 Å². The van der Waals surface area contributed by atoms with Gasteiger partial charge in [0.2, 0.25) is 0 Å². The Morgan fingerprint density at radius 2 is 1.89 bits per heavy atom. The normalized spacial score (nSPS) is 30.3. The Kier molecular flexibility index (Phi) is 5.85. The van der Waals surface area contributed by atoms with Gasteiger partial charge in [0, 0.05) is 36.7 Å². The second-order valence-electron chi connectivity index (χ2n) is 8.56. The van der Waals surface area contributed by atoms with E-state index in [2.05, 4.69) is 33.8 Å². The van der Waals surface area contributed by atoms with E-state index in [-0.39, 0.29) is 12.6 Å². The van der Waals surface area contributed by atoms with E-state index < -0.39 is 6.10 Å². The fraction of sp³-hybridized carbons (Fsp3) is 0.652. The number of benzene rings is 1. The minimum Gasteiger partial charge on any atom is -0.395 e. The Morgan fingerprint density at radius 1 is 1.15 bits per heavy atom. The van der Waals surface area contributed by atoms with Crippen LogP contribution < -0.4 is 0 Å². The van der Waals surface area contributed by atoms with Gasteiger partial charge in [0.15, 0.2) is 0 Å². The van der Waals surface area contributed by atoms with Crippen molar-refractivity contribution in [2.45, 2.75) is 56.7 Å². The summed E-state index contributed by atoms with van der Waals surface area (Å²) in [4.78, 5) is 5.22. The van der Waals surface area contributed by atoms with Gasteiger partial charge in [-0.3, -0.25) is 4.90 Å². The maximum absolute atomic E-state index is 10.0. The highest BCUT2D eigenvalue weighted by molar-refractivity contribution is 5.39. The van der Waals surface area contributed by atoms with Crippen molar-refractivity contribution in [3.8, 4) is 11.8 Å². The van der Waals surface area contributed by atoms with Gasteiger partial charge < -0.3 is 15.1 Å². The summed E-state index contributed by atoms with van der Waals surface area (Å²) in [6.45, 7) is 6.63. The lowest BCUT2D eigenvalue weighted by atomic mass is 9.74. The van der Waals surface area contributed by atoms with Crippen LogP contribution in [-0.4, -0.2) is 71.0 Å². The Hall–Kier alpha value is -1.38. The maximum atomic E-state index is 10.0. The van der Waals surface area contributed by atoms with E-state index in [1.165, 1.54) is 44.3 Å². The van der Waals surface area contributed by atoms with Crippen LogP contribution in [0.2, 0.25) is 0 Å². The first-order valence-corrected chi connectivity index (χ1v) is 10.5. The molecule has 0 unspecified atom stereocenters. The molecule has 0 radical (unpaired) electrons. The van der Waals surface area contributed by atoms with Gasteiger partial charge in [0.1, 0.15) is 6.10 Å². The summed E-state index contributed by atoms with van der Waals surface area (Å²) < 4.78 is 0. The second kappa shape index (κ2) is 8.32. The molecular weight excluding hydrogens is 336 g/mol. The van der Waals surface area contributed by atoms with Crippen molar-refractivity contribution in [1.29, 1.82) is 0 Å². The molecule has 4 heteroatoms. The van der Waals surface area contributed by atoms with Crippen molar-refractivity contribution < 1.29 is 10.2 Å². The van der Waals surface area contributed by atoms with Crippen molar-refractivity contribution >= 4 is 0 Å². The first-order chi connectivity index (χ1) is 13.2. The molecule has 0 bridgehead atoms. The Morgan fingerprint density at radius 3 is 2.56 bits per heavy atom. The molecule has 4 atom stereocenters. The van der Waals surface area contributed by atoms with E-state index in [4.69, 9.17) is 0 Å². The summed E-state index contributed by atoms with van der Waals surface area (Å²) in [7, 11) is 0. The van der Waals surface area contributed by atoms with Crippen LogP contribution in [0, 0.1) is 17.8 Å². The maximum Gasteiger partial charge on any atom is 0.112 e. The topological polar surface area (TPSA) is 46.9 Å². The van der Waals surface area contributed by atoms with Crippen molar-refractivity contribution in [2.75, 3.05) is 32.8 Å². The van der Waals surface area contributed by atoms with Crippen LogP contribution in [0.25, 0.3) is 0 Å². The van der Waals surface area contributed by atoms with E-state index in [0.717, 1.165) is 24.6 Å². The molecular formula is C23H32N2O2. The number of aliphatic hydroxyl groups is 2. The highest BCUT2D eigenvalue weighted by Crippen LogP contribution is 2.42. The quantitative estimate of drug-likeness (QED) is 0.799. The molecule has 0 aromatic heterocycles. The number of hydrogen-bond donors (Lipinski definition) is 2. The van der Waals surface area contributed by atoms with Crippen LogP contribution in [0.15, 0.2) is 24.3 Å². The highest BCUT2D eigenvalue weighted by Gasteiger charge is 2.49. The molecule has 2 aliphatic heterocycles. The Balaban J connectivity index is 1.50. The van der Waals surface area contributed by atoms with Crippen LogP contribution in [0.1, 0.15) is 49.7 Å². The van der Waals surface area contributed by atoms with Crippen molar-refractivity contribution in [3.05, 3.63) is 35.4 Å². The molecule has 1 aromatic carbocycles.